The van der Waals surface area contributed by atoms with E-state index in [1.165, 1.54) is 0 Å². The Balaban J connectivity index is 2.32. The number of rotatable bonds is 3. The van der Waals surface area contributed by atoms with E-state index >= 15 is 0 Å². The van der Waals surface area contributed by atoms with Crippen molar-refractivity contribution >= 4 is 37.7 Å². The van der Waals surface area contributed by atoms with Gasteiger partial charge in [-0.15, -0.1) is 0 Å². The average Bonchev–Trinajstić information content (AvgIpc) is 2.73. The van der Waals surface area contributed by atoms with Crippen LogP contribution in [0, 0.1) is 0 Å². The van der Waals surface area contributed by atoms with Gasteiger partial charge < -0.3 is 14.8 Å². The van der Waals surface area contributed by atoms with Crippen LogP contribution in [0.2, 0.25) is 0 Å². The number of para-hydroxylation sites is 1. The Bertz CT molecular complexity index is 735. The largest absolute Gasteiger partial charge is 0.394 e. The summed E-state index contributed by atoms with van der Waals surface area (Å²) in [7, 11) is 0. The van der Waals surface area contributed by atoms with Crippen LogP contribution in [0.1, 0.15) is 0 Å². The molecule has 3 rings (SSSR count). The molecule has 0 fully saturated rings. The Morgan fingerprint density at radius 1 is 1.05 bits per heavy atom. The topological polar surface area (TPSA) is 45.4 Å². The van der Waals surface area contributed by atoms with Gasteiger partial charge in [0.05, 0.1) is 19.3 Å². The zero-order chi connectivity index (χ0) is 13.4. The first kappa shape index (κ1) is 12.7. The molecule has 2 aromatic carbocycles. The zero-order valence-corrected chi connectivity index (χ0v) is 11.8. The fourth-order valence-corrected chi connectivity index (χ4v) is 2.85. The molecule has 0 saturated carbocycles. The molecule has 3 aromatic rings. The van der Waals surface area contributed by atoms with Gasteiger partial charge in [-0.3, -0.25) is 0 Å². The molecule has 1 aromatic heterocycles. The van der Waals surface area contributed by atoms with Crippen LogP contribution in [-0.4, -0.2) is 27.5 Å². The van der Waals surface area contributed by atoms with Gasteiger partial charge in [0.2, 0.25) is 0 Å². The molecule has 0 spiro atoms. The van der Waals surface area contributed by atoms with Crippen molar-refractivity contribution in [2.24, 2.45) is 0 Å². The van der Waals surface area contributed by atoms with Crippen molar-refractivity contribution in [3.63, 3.8) is 0 Å². The van der Waals surface area contributed by atoms with E-state index in [9.17, 15) is 5.11 Å². The van der Waals surface area contributed by atoms with Crippen molar-refractivity contribution in [3.05, 3.63) is 46.9 Å². The van der Waals surface area contributed by atoms with Gasteiger partial charge in [-0.2, -0.15) is 0 Å². The molecule has 0 bridgehead atoms. The third kappa shape index (κ3) is 2.16. The maximum Gasteiger partial charge on any atom is 0.0949 e. The van der Waals surface area contributed by atoms with Gasteiger partial charge in [0.25, 0.3) is 0 Å². The highest BCUT2D eigenvalue weighted by Crippen LogP contribution is 2.31. The van der Waals surface area contributed by atoms with Crippen molar-refractivity contribution in [1.29, 1.82) is 0 Å². The molecule has 0 amide bonds. The van der Waals surface area contributed by atoms with Crippen LogP contribution in [0.25, 0.3) is 21.8 Å². The number of halogens is 1. The highest BCUT2D eigenvalue weighted by atomic mass is 79.9. The summed E-state index contributed by atoms with van der Waals surface area (Å²) in [6.45, 7) is 0.159. The lowest BCUT2D eigenvalue weighted by molar-refractivity contribution is 0.0831. The van der Waals surface area contributed by atoms with E-state index in [2.05, 4.69) is 32.6 Å². The van der Waals surface area contributed by atoms with Crippen LogP contribution < -0.4 is 0 Å². The maximum absolute atomic E-state index is 9.72. The summed E-state index contributed by atoms with van der Waals surface area (Å²) >= 11 is 3.49. The summed E-state index contributed by atoms with van der Waals surface area (Å²) in [5.74, 6) is 0. The minimum absolute atomic E-state index is 0.232. The Labute approximate surface area is 119 Å². The predicted octanol–water partition coefficient (Wildman–Crippen LogP) is 2.91. The lowest BCUT2D eigenvalue weighted by Crippen LogP contribution is -2.19. The third-order valence-corrected chi connectivity index (χ3v) is 3.83. The van der Waals surface area contributed by atoms with Crippen LogP contribution in [0.15, 0.2) is 46.9 Å². The predicted molar refractivity (Wildman–Crippen MR) is 80.2 cm³/mol. The molecule has 0 saturated heterocycles. The standard InChI is InChI=1S/C15H14BrNO2/c16-10-5-6-15-13(7-10)12-3-1-2-4-14(12)17(15)8-11(19)9-18/h1-7,11,18-19H,8-9H2/t11-/m1/s1. The second-order valence-electron chi connectivity index (χ2n) is 4.63. The quantitative estimate of drug-likeness (QED) is 0.779. The van der Waals surface area contributed by atoms with Gasteiger partial charge >= 0.3 is 0 Å². The number of aromatic nitrogens is 1. The number of benzene rings is 2. The first-order valence-electron chi connectivity index (χ1n) is 6.16. The number of fused-ring (bicyclic) bond motifs is 3. The number of hydrogen-bond donors (Lipinski definition) is 2. The zero-order valence-electron chi connectivity index (χ0n) is 10.3. The van der Waals surface area contributed by atoms with E-state index in [1.54, 1.807) is 0 Å². The molecule has 1 heterocycles. The number of aliphatic hydroxyl groups is 2. The highest BCUT2D eigenvalue weighted by Gasteiger charge is 2.13. The maximum atomic E-state index is 9.72. The average molecular weight is 320 g/mol. The SMILES string of the molecule is OC[C@H](O)Cn1c2ccccc2c2cc(Br)ccc21. The van der Waals surface area contributed by atoms with Gasteiger partial charge in [0.1, 0.15) is 0 Å². The van der Waals surface area contributed by atoms with E-state index in [0.717, 1.165) is 26.3 Å². The molecule has 0 aliphatic carbocycles. The van der Waals surface area contributed by atoms with E-state index in [4.69, 9.17) is 5.11 Å². The van der Waals surface area contributed by atoms with Crippen LogP contribution >= 0.6 is 15.9 Å². The van der Waals surface area contributed by atoms with Crippen LogP contribution in [0.4, 0.5) is 0 Å². The van der Waals surface area contributed by atoms with Gasteiger partial charge in [-0.1, -0.05) is 34.1 Å². The first-order valence-corrected chi connectivity index (χ1v) is 6.95. The number of aliphatic hydroxyl groups excluding tert-OH is 2. The lowest BCUT2D eigenvalue weighted by Gasteiger charge is -2.11. The van der Waals surface area contributed by atoms with Gasteiger partial charge in [-0.25, -0.2) is 0 Å². The summed E-state index contributed by atoms with van der Waals surface area (Å²) in [6, 6.07) is 14.2. The molecule has 0 aliphatic heterocycles. The second-order valence-corrected chi connectivity index (χ2v) is 5.54. The summed E-state index contributed by atoms with van der Waals surface area (Å²) in [5.41, 5.74) is 2.14. The van der Waals surface area contributed by atoms with E-state index in [-0.39, 0.29) is 6.61 Å². The second kappa shape index (κ2) is 4.96. The molecule has 98 valence electrons. The molecule has 0 unspecified atom stereocenters. The minimum Gasteiger partial charge on any atom is -0.394 e. The van der Waals surface area contributed by atoms with Crippen molar-refractivity contribution in [2.45, 2.75) is 12.6 Å². The molecule has 19 heavy (non-hydrogen) atoms. The normalized spacial score (nSPS) is 13.2. The Kier molecular flexibility index (Phi) is 3.31. The highest BCUT2D eigenvalue weighted by molar-refractivity contribution is 9.10. The molecular formula is C15H14BrNO2. The van der Waals surface area contributed by atoms with E-state index in [1.807, 2.05) is 30.3 Å². The summed E-state index contributed by atoms with van der Waals surface area (Å²) < 4.78 is 3.09. The van der Waals surface area contributed by atoms with Crippen molar-refractivity contribution < 1.29 is 10.2 Å². The number of hydrogen-bond acceptors (Lipinski definition) is 2. The molecule has 0 radical (unpaired) electrons. The Hall–Kier alpha value is -1.36. The van der Waals surface area contributed by atoms with E-state index in [0.29, 0.717) is 6.54 Å². The minimum atomic E-state index is -0.748. The summed E-state index contributed by atoms with van der Waals surface area (Å²) in [6.07, 6.45) is -0.748. The van der Waals surface area contributed by atoms with Crippen molar-refractivity contribution in [2.75, 3.05) is 6.61 Å². The molecule has 1 atom stereocenters. The molecule has 0 aliphatic rings. The van der Waals surface area contributed by atoms with Crippen LogP contribution in [-0.2, 0) is 6.54 Å². The van der Waals surface area contributed by atoms with Gasteiger partial charge in [0.15, 0.2) is 0 Å². The fourth-order valence-electron chi connectivity index (χ4n) is 2.49. The van der Waals surface area contributed by atoms with Crippen molar-refractivity contribution in [1.82, 2.24) is 4.57 Å². The lowest BCUT2D eigenvalue weighted by atomic mass is 10.2. The summed E-state index contributed by atoms with van der Waals surface area (Å²) in [5, 5.41) is 21.1. The van der Waals surface area contributed by atoms with Crippen LogP contribution in [0.5, 0.6) is 0 Å². The van der Waals surface area contributed by atoms with E-state index < -0.39 is 6.10 Å². The molecular weight excluding hydrogens is 306 g/mol. The molecule has 2 N–H and O–H groups in total. The van der Waals surface area contributed by atoms with Gasteiger partial charge in [-0.05, 0) is 24.3 Å². The number of nitrogens with zero attached hydrogens (tertiary/aromatic N) is 1. The fraction of sp³-hybridized carbons (Fsp3) is 0.200. The summed E-state index contributed by atoms with van der Waals surface area (Å²) in [4.78, 5) is 0. The Morgan fingerprint density at radius 3 is 2.58 bits per heavy atom. The van der Waals surface area contributed by atoms with Crippen molar-refractivity contribution in [3.8, 4) is 0 Å². The molecule has 3 nitrogen and oxygen atoms in total. The molecule has 4 heteroatoms. The first-order chi connectivity index (χ1) is 9.20. The third-order valence-electron chi connectivity index (χ3n) is 3.34. The Morgan fingerprint density at radius 2 is 1.79 bits per heavy atom. The monoisotopic (exact) mass is 319 g/mol. The van der Waals surface area contributed by atoms with Crippen LogP contribution in [0.3, 0.4) is 0 Å². The smallest absolute Gasteiger partial charge is 0.0949 e. The van der Waals surface area contributed by atoms with Gasteiger partial charge in [0, 0.05) is 26.3 Å².